The molecule has 18 heavy (non-hydrogen) atoms. The highest BCUT2D eigenvalue weighted by Gasteiger charge is 2.13. The Morgan fingerprint density at radius 2 is 2.22 bits per heavy atom. The van der Waals surface area contributed by atoms with E-state index in [9.17, 15) is 0 Å². The summed E-state index contributed by atoms with van der Waals surface area (Å²) in [6.45, 7) is 4.04. The molecule has 0 spiro atoms. The van der Waals surface area contributed by atoms with Crippen molar-refractivity contribution in [2.45, 2.75) is 57.6 Å². The lowest BCUT2D eigenvalue weighted by molar-refractivity contribution is 0.0271. The van der Waals surface area contributed by atoms with Crippen LogP contribution < -0.4 is 5.32 Å². The van der Waals surface area contributed by atoms with E-state index in [4.69, 9.17) is 9.15 Å². The third-order valence-corrected chi connectivity index (χ3v) is 3.72. The van der Waals surface area contributed by atoms with E-state index in [0.717, 1.165) is 19.6 Å². The van der Waals surface area contributed by atoms with E-state index in [0.29, 0.717) is 12.1 Å². The SMILES string of the molecule is CC(NCCCOC1CCCCC1)c1ccoc1. The number of hydrogen-bond donors (Lipinski definition) is 1. The van der Waals surface area contributed by atoms with Crippen LogP contribution in [0.1, 0.15) is 57.1 Å². The molecule has 1 atom stereocenters. The van der Waals surface area contributed by atoms with Gasteiger partial charge < -0.3 is 14.5 Å². The van der Waals surface area contributed by atoms with E-state index < -0.39 is 0 Å². The van der Waals surface area contributed by atoms with Gasteiger partial charge in [0.1, 0.15) is 0 Å². The maximum absolute atomic E-state index is 5.90. The van der Waals surface area contributed by atoms with Crippen LogP contribution in [0.4, 0.5) is 0 Å². The molecular formula is C15H25NO2. The van der Waals surface area contributed by atoms with Crippen LogP contribution in [0.15, 0.2) is 23.0 Å². The third-order valence-electron chi connectivity index (χ3n) is 3.72. The smallest absolute Gasteiger partial charge is 0.0950 e. The van der Waals surface area contributed by atoms with Gasteiger partial charge in [0.15, 0.2) is 0 Å². The third kappa shape index (κ3) is 4.46. The lowest BCUT2D eigenvalue weighted by atomic mass is 9.98. The summed E-state index contributed by atoms with van der Waals surface area (Å²) in [7, 11) is 0. The van der Waals surface area contributed by atoms with Crippen LogP contribution >= 0.6 is 0 Å². The zero-order valence-electron chi connectivity index (χ0n) is 11.4. The van der Waals surface area contributed by atoms with E-state index in [-0.39, 0.29) is 0 Å². The number of ether oxygens (including phenoxy) is 1. The molecule has 1 aromatic heterocycles. The van der Waals surface area contributed by atoms with Crippen molar-refractivity contribution in [2.75, 3.05) is 13.2 Å². The monoisotopic (exact) mass is 251 g/mol. The largest absolute Gasteiger partial charge is 0.472 e. The van der Waals surface area contributed by atoms with Crippen molar-refractivity contribution in [3.8, 4) is 0 Å². The average Bonchev–Trinajstić information content (AvgIpc) is 2.93. The molecule has 1 aliphatic carbocycles. The van der Waals surface area contributed by atoms with Crippen molar-refractivity contribution < 1.29 is 9.15 Å². The van der Waals surface area contributed by atoms with Gasteiger partial charge in [-0.3, -0.25) is 0 Å². The Labute approximate surface area is 110 Å². The van der Waals surface area contributed by atoms with Gasteiger partial charge in [0.25, 0.3) is 0 Å². The Morgan fingerprint density at radius 3 is 2.94 bits per heavy atom. The topological polar surface area (TPSA) is 34.4 Å². The maximum atomic E-state index is 5.90. The van der Waals surface area contributed by atoms with E-state index in [1.165, 1.54) is 37.7 Å². The molecule has 1 heterocycles. The van der Waals surface area contributed by atoms with Crippen LogP contribution in [0.3, 0.4) is 0 Å². The van der Waals surface area contributed by atoms with Gasteiger partial charge in [-0.25, -0.2) is 0 Å². The number of hydrogen-bond acceptors (Lipinski definition) is 3. The molecule has 3 heteroatoms. The lowest BCUT2D eigenvalue weighted by Gasteiger charge is -2.22. The first-order chi connectivity index (χ1) is 8.86. The molecule has 1 aliphatic rings. The second-order valence-electron chi connectivity index (χ2n) is 5.22. The maximum Gasteiger partial charge on any atom is 0.0950 e. The molecule has 0 amide bonds. The van der Waals surface area contributed by atoms with Crippen LogP contribution in [-0.4, -0.2) is 19.3 Å². The average molecular weight is 251 g/mol. The predicted octanol–water partition coefficient (Wildman–Crippen LogP) is 3.67. The number of nitrogens with one attached hydrogen (secondary N) is 1. The standard InChI is InChI=1S/C15H25NO2/c1-13(14-8-11-17-12-14)16-9-5-10-18-15-6-3-2-4-7-15/h8,11-13,15-16H,2-7,9-10H2,1H3. The quantitative estimate of drug-likeness (QED) is 0.751. The zero-order chi connectivity index (χ0) is 12.6. The van der Waals surface area contributed by atoms with Crippen molar-refractivity contribution in [1.82, 2.24) is 5.32 Å². The first-order valence-corrected chi connectivity index (χ1v) is 7.23. The summed E-state index contributed by atoms with van der Waals surface area (Å²) >= 11 is 0. The molecule has 1 fully saturated rings. The van der Waals surface area contributed by atoms with Gasteiger partial charge in [-0.15, -0.1) is 0 Å². The predicted molar refractivity (Wildman–Crippen MR) is 72.6 cm³/mol. The van der Waals surface area contributed by atoms with Crippen LogP contribution in [-0.2, 0) is 4.74 Å². The fourth-order valence-corrected chi connectivity index (χ4v) is 2.51. The minimum Gasteiger partial charge on any atom is -0.472 e. The summed E-state index contributed by atoms with van der Waals surface area (Å²) in [6, 6.07) is 2.37. The minimum absolute atomic E-state index is 0.360. The van der Waals surface area contributed by atoms with E-state index in [2.05, 4.69) is 12.2 Å². The highest BCUT2D eigenvalue weighted by Crippen LogP contribution is 2.20. The van der Waals surface area contributed by atoms with Crippen molar-refractivity contribution in [3.05, 3.63) is 24.2 Å². The summed E-state index contributed by atoms with van der Waals surface area (Å²) in [4.78, 5) is 0. The molecule has 1 aromatic rings. The number of rotatable bonds is 7. The summed E-state index contributed by atoms with van der Waals surface area (Å²) in [5.74, 6) is 0. The molecule has 0 aromatic carbocycles. The van der Waals surface area contributed by atoms with Crippen molar-refractivity contribution in [2.24, 2.45) is 0 Å². The fraction of sp³-hybridized carbons (Fsp3) is 0.733. The van der Waals surface area contributed by atoms with Crippen molar-refractivity contribution in [3.63, 3.8) is 0 Å². The molecule has 2 rings (SSSR count). The molecule has 3 nitrogen and oxygen atoms in total. The van der Waals surface area contributed by atoms with Crippen LogP contribution in [0.2, 0.25) is 0 Å². The van der Waals surface area contributed by atoms with Gasteiger partial charge in [-0.05, 0) is 38.8 Å². The molecular weight excluding hydrogens is 226 g/mol. The first-order valence-electron chi connectivity index (χ1n) is 7.23. The second-order valence-corrected chi connectivity index (χ2v) is 5.22. The highest BCUT2D eigenvalue weighted by molar-refractivity contribution is 5.09. The molecule has 0 bridgehead atoms. The van der Waals surface area contributed by atoms with E-state index in [1.54, 1.807) is 12.5 Å². The van der Waals surface area contributed by atoms with Gasteiger partial charge >= 0.3 is 0 Å². The van der Waals surface area contributed by atoms with Gasteiger partial charge in [0, 0.05) is 18.2 Å². The van der Waals surface area contributed by atoms with E-state index in [1.807, 2.05) is 6.07 Å². The highest BCUT2D eigenvalue weighted by atomic mass is 16.5. The summed E-state index contributed by atoms with van der Waals surface area (Å²) in [5.41, 5.74) is 1.21. The molecule has 0 radical (unpaired) electrons. The van der Waals surface area contributed by atoms with Gasteiger partial charge in [-0.1, -0.05) is 19.3 Å². The summed E-state index contributed by atoms with van der Waals surface area (Å²) in [6.07, 6.45) is 11.8. The van der Waals surface area contributed by atoms with Crippen LogP contribution in [0, 0.1) is 0 Å². The van der Waals surface area contributed by atoms with Crippen LogP contribution in [0.25, 0.3) is 0 Å². The normalized spacial score (nSPS) is 18.9. The minimum atomic E-state index is 0.360. The Kier molecular flexibility index (Phi) is 5.75. The Bertz CT molecular complexity index is 304. The molecule has 1 unspecified atom stereocenters. The second kappa shape index (κ2) is 7.59. The lowest BCUT2D eigenvalue weighted by Crippen LogP contribution is -2.22. The molecule has 1 saturated carbocycles. The fourth-order valence-electron chi connectivity index (χ4n) is 2.51. The molecule has 1 N–H and O–H groups in total. The number of furan rings is 1. The first kappa shape index (κ1) is 13.6. The zero-order valence-corrected chi connectivity index (χ0v) is 11.4. The molecule has 0 saturated heterocycles. The van der Waals surface area contributed by atoms with E-state index >= 15 is 0 Å². The molecule has 0 aliphatic heterocycles. The Balaban J connectivity index is 1.50. The van der Waals surface area contributed by atoms with Gasteiger partial charge in [-0.2, -0.15) is 0 Å². The van der Waals surface area contributed by atoms with Crippen molar-refractivity contribution in [1.29, 1.82) is 0 Å². The molecule has 102 valence electrons. The van der Waals surface area contributed by atoms with Gasteiger partial charge in [0.2, 0.25) is 0 Å². The van der Waals surface area contributed by atoms with Crippen molar-refractivity contribution >= 4 is 0 Å². The van der Waals surface area contributed by atoms with Gasteiger partial charge in [0.05, 0.1) is 18.6 Å². The summed E-state index contributed by atoms with van der Waals surface area (Å²) in [5, 5.41) is 3.48. The van der Waals surface area contributed by atoms with Crippen LogP contribution in [0.5, 0.6) is 0 Å². The Hall–Kier alpha value is -0.800. The Morgan fingerprint density at radius 1 is 1.39 bits per heavy atom. The summed E-state index contributed by atoms with van der Waals surface area (Å²) < 4.78 is 11.0.